The highest BCUT2D eigenvalue weighted by atomic mass is 127. The Bertz CT molecular complexity index is 861. The molecule has 2 N–H and O–H groups in total. The first-order chi connectivity index (χ1) is 13.7. The molecule has 29 heavy (non-hydrogen) atoms. The molecule has 2 amide bonds. The number of carbonyl (C=O) groups excluding carboxylic acids is 2. The first-order valence-corrected chi connectivity index (χ1v) is 10.6. The molecule has 4 rings (SSSR count). The van der Waals surface area contributed by atoms with E-state index in [1.807, 2.05) is 22.6 Å². The molecule has 8 nitrogen and oxygen atoms in total. The Morgan fingerprint density at radius 3 is 2.66 bits per heavy atom. The predicted octanol–water partition coefficient (Wildman–Crippen LogP) is 1.67. The molecule has 1 aliphatic carbocycles. The van der Waals surface area contributed by atoms with Crippen molar-refractivity contribution in [2.75, 3.05) is 27.9 Å². The van der Waals surface area contributed by atoms with Gasteiger partial charge in [-0.2, -0.15) is 0 Å². The molecule has 0 radical (unpaired) electrons. The Hall–Kier alpha value is -1.43. The number of halogens is 1. The van der Waals surface area contributed by atoms with Gasteiger partial charge < -0.3 is 24.4 Å². The van der Waals surface area contributed by atoms with Crippen molar-refractivity contribution in [1.29, 1.82) is 0 Å². The summed E-state index contributed by atoms with van der Waals surface area (Å²) in [7, 11) is 4.50. The molecule has 0 aromatic heterocycles. The first kappa shape index (κ1) is 20.8. The monoisotopic (exact) mass is 517 g/mol. The number of ether oxygens (including phenoxy) is 3. The normalized spacial score (nSPS) is 36.3. The van der Waals surface area contributed by atoms with Gasteiger partial charge in [0, 0.05) is 26.0 Å². The van der Waals surface area contributed by atoms with Gasteiger partial charge in [0.2, 0.25) is 11.8 Å². The lowest BCUT2D eigenvalue weighted by Crippen LogP contribution is -2.54. The van der Waals surface area contributed by atoms with E-state index < -0.39 is 35.6 Å². The van der Waals surface area contributed by atoms with Crippen LogP contribution in [0.3, 0.4) is 0 Å². The van der Waals surface area contributed by atoms with Gasteiger partial charge in [0.15, 0.2) is 17.3 Å². The summed E-state index contributed by atoms with van der Waals surface area (Å²) in [6.45, 7) is 0.227. The van der Waals surface area contributed by atoms with Gasteiger partial charge >= 0.3 is 0 Å². The van der Waals surface area contributed by atoms with Crippen LogP contribution in [0.5, 0.6) is 11.5 Å². The summed E-state index contributed by atoms with van der Waals surface area (Å²) in [6.07, 6.45) is 0.220. The number of phenolic OH excluding ortho intramolecular Hbond substituents is 1. The number of hydrogen-bond acceptors (Lipinski definition) is 7. The lowest BCUT2D eigenvalue weighted by atomic mass is 9.64. The highest BCUT2D eigenvalue weighted by Crippen LogP contribution is 2.58. The molecule has 2 aliphatic heterocycles. The number of fused-ring (bicyclic) bond motifs is 3. The van der Waals surface area contributed by atoms with Crippen LogP contribution in [0.25, 0.3) is 0 Å². The molecule has 1 aromatic carbocycles. The Morgan fingerprint density at radius 2 is 2.00 bits per heavy atom. The number of nitrogens with zero attached hydrogens (tertiary/aromatic N) is 1. The largest absolute Gasteiger partial charge is 0.504 e. The fraction of sp³-hybridized carbons (Fsp3) is 0.600. The maximum Gasteiger partial charge on any atom is 0.233 e. The Kier molecular flexibility index (Phi) is 5.29. The van der Waals surface area contributed by atoms with E-state index in [4.69, 9.17) is 14.2 Å². The minimum absolute atomic E-state index is 0.0430. The smallest absolute Gasteiger partial charge is 0.233 e. The van der Waals surface area contributed by atoms with Crippen molar-refractivity contribution in [2.45, 2.75) is 24.7 Å². The van der Waals surface area contributed by atoms with E-state index in [9.17, 15) is 19.8 Å². The molecule has 158 valence electrons. The molecule has 3 fully saturated rings. The summed E-state index contributed by atoms with van der Waals surface area (Å²) in [6, 6.07) is 3.46. The number of rotatable bonds is 4. The van der Waals surface area contributed by atoms with Crippen LogP contribution in [0.1, 0.15) is 24.5 Å². The molecule has 0 bridgehead atoms. The molecule has 0 unspecified atom stereocenters. The van der Waals surface area contributed by atoms with Crippen molar-refractivity contribution >= 4 is 34.4 Å². The lowest BCUT2D eigenvalue weighted by molar-refractivity contribution is -0.275. The number of carbonyl (C=O) groups is 2. The molecule has 3 aliphatic rings. The van der Waals surface area contributed by atoms with Gasteiger partial charge in [0.05, 0.1) is 35.2 Å². The number of methoxy groups -OCH3 is 2. The number of aliphatic hydroxyl groups is 1. The average Bonchev–Trinajstić information content (AvgIpc) is 3.15. The molecule has 9 heteroatoms. The third-order valence-corrected chi connectivity index (χ3v) is 7.42. The molecular formula is C20H24INO7. The average molecular weight is 517 g/mol. The van der Waals surface area contributed by atoms with Crippen LogP contribution in [-0.2, 0) is 19.1 Å². The summed E-state index contributed by atoms with van der Waals surface area (Å²) >= 11 is 2.01. The van der Waals surface area contributed by atoms with Crippen LogP contribution < -0.4 is 4.74 Å². The SMILES string of the molecule is COC[C@H]1C[C@@H]2C(=O)N(C)C(=O)[C@@H]2[C@@H]2C[C@@H](c3cc(I)c(O)c(OC)c3)O[C@]12O. The van der Waals surface area contributed by atoms with Crippen molar-refractivity contribution < 1.29 is 34.0 Å². The lowest BCUT2D eigenvalue weighted by Gasteiger charge is -2.44. The number of likely N-dealkylation sites (tertiary alicyclic amines) is 1. The van der Waals surface area contributed by atoms with Crippen molar-refractivity contribution in [3.63, 3.8) is 0 Å². The maximum atomic E-state index is 12.8. The Morgan fingerprint density at radius 1 is 1.28 bits per heavy atom. The summed E-state index contributed by atoms with van der Waals surface area (Å²) < 4.78 is 17.3. The second-order valence-corrected chi connectivity index (χ2v) is 9.17. The Balaban J connectivity index is 1.73. The van der Waals surface area contributed by atoms with E-state index in [1.54, 1.807) is 12.1 Å². The van der Waals surface area contributed by atoms with E-state index in [0.29, 0.717) is 22.2 Å². The molecular weight excluding hydrogens is 493 g/mol. The number of amides is 2. The van der Waals surface area contributed by atoms with Crippen LogP contribution in [0, 0.1) is 27.2 Å². The first-order valence-electron chi connectivity index (χ1n) is 9.49. The van der Waals surface area contributed by atoms with Gasteiger partial charge in [0.1, 0.15) is 0 Å². The molecule has 1 saturated carbocycles. The van der Waals surface area contributed by atoms with Crippen molar-refractivity contribution in [2.24, 2.45) is 23.7 Å². The van der Waals surface area contributed by atoms with Gasteiger partial charge in [-0.1, -0.05) is 0 Å². The maximum absolute atomic E-state index is 12.8. The summed E-state index contributed by atoms with van der Waals surface area (Å²) in [5, 5.41) is 21.7. The summed E-state index contributed by atoms with van der Waals surface area (Å²) in [5.41, 5.74) is 0.740. The van der Waals surface area contributed by atoms with Crippen LogP contribution in [0.4, 0.5) is 0 Å². The van der Waals surface area contributed by atoms with Gasteiger partial charge in [0.25, 0.3) is 0 Å². The topological polar surface area (TPSA) is 106 Å². The highest BCUT2D eigenvalue weighted by Gasteiger charge is 2.66. The zero-order chi connectivity index (χ0) is 21.1. The van der Waals surface area contributed by atoms with Gasteiger partial charge in [-0.15, -0.1) is 0 Å². The van der Waals surface area contributed by atoms with Crippen LogP contribution in [-0.4, -0.2) is 60.6 Å². The van der Waals surface area contributed by atoms with E-state index in [0.717, 1.165) is 5.56 Å². The summed E-state index contributed by atoms with van der Waals surface area (Å²) in [5.74, 6) is -3.69. The second-order valence-electron chi connectivity index (χ2n) is 8.01. The van der Waals surface area contributed by atoms with Crippen molar-refractivity contribution in [3.05, 3.63) is 21.3 Å². The summed E-state index contributed by atoms with van der Waals surface area (Å²) in [4.78, 5) is 26.6. The van der Waals surface area contributed by atoms with Gasteiger partial charge in [-0.05, 0) is 53.1 Å². The quantitative estimate of drug-likeness (QED) is 0.463. The third kappa shape index (κ3) is 3.05. The zero-order valence-corrected chi connectivity index (χ0v) is 18.6. The fourth-order valence-electron chi connectivity index (χ4n) is 5.18. The van der Waals surface area contributed by atoms with E-state index >= 15 is 0 Å². The zero-order valence-electron chi connectivity index (χ0n) is 16.4. The van der Waals surface area contributed by atoms with Crippen LogP contribution in [0.2, 0.25) is 0 Å². The minimum Gasteiger partial charge on any atom is -0.504 e. The van der Waals surface area contributed by atoms with E-state index in [-0.39, 0.29) is 24.2 Å². The number of imide groups is 1. The second kappa shape index (κ2) is 7.36. The minimum atomic E-state index is -1.57. The number of hydrogen-bond donors (Lipinski definition) is 2. The number of aromatic hydroxyl groups is 1. The molecule has 1 aromatic rings. The number of phenols is 1. The van der Waals surface area contributed by atoms with Crippen LogP contribution in [0.15, 0.2) is 12.1 Å². The van der Waals surface area contributed by atoms with E-state index in [1.165, 1.54) is 26.2 Å². The van der Waals surface area contributed by atoms with Gasteiger partial charge in [-0.25, -0.2) is 0 Å². The molecule has 0 spiro atoms. The van der Waals surface area contributed by atoms with E-state index in [2.05, 4.69) is 0 Å². The number of benzene rings is 1. The van der Waals surface area contributed by atoms with Crippen LogP contribution >= 0.6 is 22.6 Å². The standard InChI is InChI=1S/C20H24INO7/c1-22-18(24)11-6-10(8-27-2)20(26)12(16(11)19(22)25)7-14(29-20)9-4-13(21)17(23)15(5-9)28-3/h4-5,10-12,14,16,23,26H,6-8H2,1-3H3/t10-,11+,12+,14+,16+,20-/m1/s1. The molecule has 6 atom stereocenters. The molecule has 2 heterocycles. The van der Waals surface area contributed by atoms with Gasteiger partial charge in [-0.3, -0.25) is 14.5 Å². The third-order valence-electron chi connectivity index (χ3n) is 6.59. The van der Waals surface area contributed by atoms with Crippen molar-refractivity contribution in [3.8, 4) is 11.5 Å². The Labute approximate surface area is 182 Å². The fourth-order valence-corrected chi connectivity index (χ4v) is 5.80. The molecule has 2 saturated heterocycles. The highest BCUT2D eigenvalue weighted by molar-refractivity contribution is 14.1. The van der Waals surface area contributed by atoms with Crippen molar-refractivity contribution in [1.82, 2.24) is 4.90 Å². The predicted molar refractivity (Wildman–Crippen MR) is 109 cm³/mol.